The number of carbonyl (C=O) groups excluding carboxylic acids is 3. The van der Waals surface area contributed by atoms with E-state index in [-0.39, 0.29) is 70.0 Å². The van der Waals surface area contributed by atoms with Crippen LogP contribution in [0, 0.1) is 36.5 Å². The first-order valence-corrected chi connectivity index (χ1v) is 16.9. The number of aromatic nitrogens is 1. The van der Waals surface area contributed by atoms with E-state index in [0.717, 1.165) is 59.8 Å². The number of thioether (sulfide) groups is 1. The zero-order valence-corrected chi connectivity index (χ0v) is 25.5. The average molecular weight is 616 g/mol. The number of fused-ring (bicyclic) bond motifs is 9. The van der Waals surface area contributed by atoms with E-state index in [0.29, 0.717) is 11.4 Å². The van der Waals surface area contributed by atoms with Gasteiger partial charge in [0, 0.05) is 34.7 Å². The van der Waals surface area contributed by atoms with E-state index in [1.807, 2.05) is 60.4 Å². The topological polar surface area (TPSA) is 99.8 Å². The highest BCUT2D eigenvalue weighted by molar-refractivity contribution is 8.00. The van der Waals surface area contributed by atoms with Crippen LogP contribution in [0.4, 0.5) is 5.69 Å². The van der Waals surface area contributed by atoms with Crippen molar-refractivity contribution in [3.8, 4) is 5.75 Å². The van der Waals surface area contributed by atoms with E-state index in [2.05, 4.69) is 4.98 Å². The number of piperidine rings is 1. The van der Waals surface area contributed by atoms with Gasteiger partial charge in [0.25, 0.3) is 5.91 Å². The summed E-state index contributed by atoms with van der Waals surface area (Å²) in [5.74, 6) is -0.307. The van der Waals surface area contributed by atoms with Crippen LogP contribution in [0.25, 0.3) is 0 Å². The van der Waals surface area contributed by atoms with Gasteiger partial charge in [0.2, 0.25) is 11.8 Å². The lowest BCUT2D eigenvalue weighted by atomic mass is 9.68. The van der Waals surface area contributed by atoms with Crippen LogP contribution in [-0.2, 0) is 14.4 Å². The van der Waals surface area contributed by atoms with Gasteiger partial charge in [0.15, 0.2) is 6.61 Å². The van der Waals surface area contributed by atoms with E-state index in [4.69, 9.17) is 4.74 Å². The maximum absolute atomic E-state index is 14.0. The lowest BCUT2D eigenvalue weighted by molar-refractivity contribution is -0.134. The summed E-state index contributed by atoms with van der Waals surface area (Å²) in [7, 11) is 0. The molecule has 10 heteroatoms. The number of aryl methyl sites for hydroxylation is 1. The number of aromatic amines is 1. The summed E-state index contributed by atoms with van der Waals surface area (Å²) < 4.78 is 6.25. The zero-order chi connectivity index (χ0) is 29.4. The molecule has 0 unspecified atom stereocenters. The first-order valence-electron chi connectivity index (χ1n) is 15.2. The largest absolute Gasteiger partial charge is 0.483 e. The van der Waals surface area contributed by atoms with Crippen molar-refractivity contribution in [2.24, 2.45) is 29.6 Å². The molecule has 0 radical (unpaired) electrons. The minimum atomic E-state index is -0.367. The molecular formula is C33H33N3O5S2. The van der Waals surface area contributed by atoms with Gasteiger partial charge in [-0.3, -0.25) is 24.1 Å². The molecule has 5 aliphatic rings. The smallest absolute Gasteiger partial charge is 0.305 e. The van der Waals surface area contributed by atoms with Crippen molar-refractivity contribution >= 4 is 46.5 Å². The molecule has 0 spiro atoms. The number of imide groups is 1. The molecule has 2 saturated carbocycles. The van der Waals surface area contributed by atoms with Gasteiger partial charge in [-0.1, -0.05) is 47.2 Å². The second kappa shape index (κ2) is 10.4. The number of amides is 3. The highest BCUT2D eigenvalue weighted by atomic mass is 32.2. The Balaban J connectivity index is 1.15. The molecule has 43 heavy (non-hydrogen) atoms. The second-order valence-corrected chi connectivity index (χ2v) is 14.8. The summed E-state index contributed by atoms with van der Waals surface area (Å²) in [6, 6.07) is 15.4. The van der Waals surface area contributed by atoms with Crippen LogP contribution in [0.15, 0.2) is 58.4 Å². The van der Waals surface area contributed by atoms with Crippen LogP contribution < -0.4 is 14.5 Å². The minimum absolute atomic E-state index is 0.00685. The number of H-pyrrole nitrogens is 1. The van der Waals surface area contributed by atoms with Crippen LogP contribution in [0.3, 0.4) is 0 Å². The third-order valence-corrected chi connectivity index (χ3v) is 12.9. The highest BCUT2D eigenvalue weighted by Crippen LogP contribution is 2.69. The minimum Gasteiger partial charge on any atom is -0.483 e. The molecule has 8 nitrogen and oxygen atoms in total. The molecule has 4 heterocycles. The summed E-state index contributed by atoms with van der Waals surface area (Å²) in [6.45, 7) is 3.50. The summed E-state index contributed by atoms with van der Waals surface area (Å²) in [5.41, 5.74) is 2.66. The maximum Gasteiger partial charge on any atom is 0.305 e. The van der Waals surface area contributed by atoms with Crippen LogP contribution in [0.2, 0.25) is 0 Å². The number of nitrogens with zero attached hydrogens (tertiary/aromatic N) is 2. The van der Waals surface area contributed by atoms with Gasteiger partial charge < -0.3 is 14.6 Å². The van der Waals surface area contributed by atoms with Gasteiger partial charge >= 0.3 is 4.87 Å². The molecule has 222 valence electrons. The summed E-state index contributed by atoms with van der Waals surface area (Å²) in [4.78, 5) is 60.8. The predicted molar refractivity (Wildman–Crippen MR) is 165 cm³/mol. The molecule has 1 aromatic heterocycles. The molecule has 8 rings (SSSR count). The monoisotopic (exact) mass is 615 g/mol. The summed E-state index contributed by atoms with van der Waals surface area (Å²) in [6.07, 6.45) is 4.02. The van der Waals surface area contributed by atoms with Crippen molar-refractivity contribution in [3.05, 3.63) is 74.2 Å². The van der Waals surface area contributed by atoms with Crippen molar-refractivity contribution < 1.29 is 19.1 Å². The summed E-state index contributed by atoms with van der Waals surface area (Å²) >= 11 is 2.90. The van der Waals surface area contributed by atoms with Crippen LogP contribution in [-0.4, -0.2) is 52.6 Å². The van der Waals surface area contributed by atoms with Crippen molar-refractivity contribution in [2.75, 3.05) is 24.6 Å². The molecule has 2 aromatic carbocycles. The Labute approximate surface area is 257 Å². The quantitative estimate of drug-likeness (QED) is 0.414. The predicted octanol–water partition coefficient (Wildman–Crippen LogP) is 4.81. The molecule has 2 saturated heterocycles. The lowest BCUT2D eigenvalue weighted by Crippen LogP contribution is -2.43. The molecule has 3 aliphatic heterocycles. The van der Waals surface area contributed by atoms with E-state index in [1.54, 1.807) is 11.8 Å². The fourth-order valence-corrected chi connectivity index (χ4v) is 11.4. The number of hydrogen-bond acceptors (Lipinski definition) is 7. The standard InChI is InChI=1S/C33H33N3O5S2/c1-17-9-11-18(12-10-17)36-31(38)26-20-15-21(27(26)32(36)39)28-25(20)24(29-30(42-28)34-33(40)43-29)19-7-3-4-8-22(19)41-16-23(37)35-13-5-2-6-14-35/h3-4,7-12,20-21,24-28H,2,5-6,13-16H2,1H3,(H,34,40)/t20-,21-,24+,25-,26+,27+,28-/m1/s1. The van der Waals surface area contributed by atoms with Gasteiger partial charge in [-0.15, -0.1) is 11.8 Å². The number of carbonyl (C=O) groups is 3. The van der Waals surface area contributed by atoms with Gasteiger partial charge in [0.05, 0.1) is 22.5 Å². The molecule has 7 atom stereocenters. The van der Waals surface area contributed by atoms with E-state index in [9.17, 15) is 19.2 Å². The van der Waals surface area contributed by atoms with Crippen molar-refractivity contribution in [1.82, 2.24) is 9.88 Å². The number of hydrogen-bond donors (Lipinski definition) is 1. The van der Waals surface area contributed by atoms with Crippen molar-refractivity contribution in [1.29, 1.82) is 0 Å². The Morgan fingerprint density at radius 3 is 2.44 bits per heavy atom. The average Bonchev–Trinajstić information content (AvgIpc) is 3.76. The number of likely N-dealkylation sites (tertiary alicyclic amines) is 1. The molecule has 2 bridgehead atoms. The first-order chi connectivity index (χ1) is 20.9. The number of rotatable bonds is 5. The number of nitrogens with one attached hydrogen (secondary N) is 1. The van der Waals surface area contributed by atoms with Crippen molar-refractivity contribution in [3.63, 3.8) is 0 Å². The van der Waals surface area contributed by atoms with E-state index < -0.39 is 0 Å². The second-order valence-electron chi connectivity index (χ2n) is 12.6. The molecule has 1 N–H and O–H groups in total. The number of thiazole rings is 1. The number of anilines is 1. The fraction of sp³-hybridized carbons (Fsp3) is 0.455. The Morgan fingerprint density at radius 2 is 1.67 bits per heavy atom. The number of para-hydroxylation sites is 1. The van der Waals surface area contributed by atoms with Gasteiger partial charge in [-0.05, 0) is 68.6 Å². The lowest BCUT2D eigenvalue weighted by Gasteiger charge is -2.43. The first kappa shape index (κ1) is 27.2. The third kappa shape index (κ3) is 4.23. The molecule has 3 aromatic rings. The molecule has 3 amide bonds. The number of ether oxygens (including phenoxy) is 1. The highest BCUT2D eigenvalue weighted by Gasteiger charge is 2.69. The van der Waals surface area contributed by atoms with Gasteiger partial charge in [0.1, 0.15) is 5.75 Å². The Kier molecular flexibility index (Phi) is 6.56. The van der Waals surface area contributed by atoms with Crippen LogP contribution >= 0.6 is 23.1 Å². The van der Waals surface area contributed by atoms with Gasteiger partial charge in [-0.2, -0.15) is 0 Å². The molecular weight excluding hydrogens is 583 g/mol. The SMILES string of the molecule is Cc1ccc(N2C(=O)[C@H]3[C@H]4C[C@@H]([C@@H]3C2=O)[C@@H]2[C@H](c3ccccc3OCC(=O)N3CCCCC3)c3sc(=O)[nH]c3S[C@H]42)cc1. The van der Waals surface area contributed by atoms with Crippen molar-refractivity contribution in [2.45, 2.75) is 48.8 Å². The molecule has 4 fully saturated rings. The van der Waals surface area contributed by atoms with Gasteiger partial charge in [-0.25, -0.2) is 0 Å². The number of benzene rings is 2. The zero-order valence-electron chi connectivity index (χ0n) is 23.9. The van der Waals surface area contributed by atoms with E-state index in [1.165, 1.54) is 16.2 Å². The van der Waals surface area contributed by atoms with Crippen LogP contribution in [0.1, 0.15) is 47.6 Å². The maximum atomic E-state index is 14.0. The fourth-order valence-electron chi connectivity index (χ4n) is 8.56. The Morgan fingerprint density at radius 1 is 0.953 bits per heavy atom. The van der Waals surface area contributed by atoms with E-state index >= 15 is 0 Å². The normalized spacial score (nSPS) is 30.8. The summed E-state index contributed by atoms with van der Waals surface area (Å²) in [5, 5.41) is 0.948. The Bertz CT molecular complexity index is 1680. The molecule has 2 aliphatic carbocycles. The third-order valence-electron chi connectivity index (χ3n) is 10.3. The Hall–Kier alpha value is -3.37. The van der Waals surface area contributed by atoms with Crippen LogP contribution in [0.5, 0.6) is 5.75 Å².